The molecule has 0 saturated heterocycles. The van der Waals surface area contributed by atoms with E-state index in [4.69, 9.17) is 0 Å². The number of anilines is 1. The Bertz CT molecular complexity index is 702. The van der Waals surface area contributed by atoms with Crippen molar-refractivity contribution in [3.63, 3.8) is 0 Å². The first kappa shape index (κ1) is 14.4. The van der Waals surface area contributed by atoms with Gasteiger partial charge in [0, 0.05) is 4.88 Å². The molecule has 19 heavy (non-hydrogen) atoms. The standard InChI is InChI=1S/C12H12BrNO3S2/c1-7-4-3-5-9(15)12(7)14-19(16,17)10-6-11(13)18-8(10)2/h3-6,14-15H,1-2H3. The highest BCUT2D eigenvalue weighted by Crippen LogP contribution is 2.33. The zero-order valence-electron chi connectivity index (χ0n) is 10.3. The first-order valence-corrected chi connectivity index (χ1v) is 8.48. The topological polar surface area (TPSA) is 66.4 Å². The molecule has 0 saturated carbocycles. The van der Waals surface area contributed by atoms with E-state index >= 15 is 0 Å². The fourth-order valence-corrected chi connectivity index (χ4v) is 5.23. The molecule has 102 valence electrons. The van der Waals surface area contributed by atoms with Crippen molar-refractivity contribution in [1.29, 1.82) is 0 Å². The van der Waals surface area contributed by atoms with Crippen molar-refractivity contribution >= 4 is 43.0 Å². The van der Waals surface area contributed by atoms with Gasteiger partial charge in [0.1, 0.15) is 10.6 Å². The predicted octanol–water partition coefficient (Wildman–Crippen LogP) is 3.63. The third-order valence-electron chi connectivity index (χ3n) is 2.62. The highest BCUT2D eigenvalue weighted by atomic mass is 79.9. The third-order valence-corrected chi connectivity index (χ3v) is 5.78. The SMILES string of the molecule is Cc1cccc(O)c1NS(=O)(=O)c1cc(Br)sc1C. The van der Waals surface area contributed by atoms with Crippen molar-refractivity contribution in [1.82, 2.24) is 0 Å². The van der Waals surface area contributed by atoms with Crippen molar-refractivity contribution in [3.05, 3.63) is 38.5 Å². The van der Waals surface area contributed by atoms with Crippen LogP contribution in [0.3, 0.4) is 0 Å². The number of hydrogen-bond donors (Lipinski definition) is 2. The lowest BCUT2D eigenvalue weighted by Gasteiger charge is -2.11. The molecular formula is C12H12BrNO3S2. The second-order valence-corrected chi connectivity index (χ2v) is 8.33. The number of nitrogens with one attached hydrogen (secondary N) is 1. The van der Waals surface area contributed by atoms with E-state index in [1.807, 2.05) is 0 Å². The molecule has 0 aliphatic rings. The number of rotatable bonds is 3. The fourth-order valence-electron chi connectivity index (χ4n) is 1.67. The number of benzene rings is 1. The molecule has 0 amide bonds. The molecule has 1 aromatic carbocycles. The van der Waals surface area contributed by atoms with E-state index in [0.717, 1.165) is 3.79 Å². The monoisotopic (exact) mass is 361 g/mol. The van der Waals surface area contributed by atoms with Crippen LogP contribution in [0.4, 0.5) is 5.69 Å². The zero-order chi connectivity index (χ0) is 14.2. The molecule has 0 fully saturated rings. The highest BCUT2D eigenvalue weighted by Gasteiger charge is 2.21. The van der Waals surface area contributed by atoms with Gasteiger partial charge in [-0.2, -0.15) is 0 Å². The first-order chi connectivity index (χ1) is 8.81. The number of sulfonamides is 1. The lowest BCUT2D eigenvalue weighted by molar-refractivity contribution is 0.477. The molecule has 4 nitrogen and oxygen atoms in total. The molecular weight excluding hydrogens is 350 g/mol. The number of para-hydroxylation sites is 1. The second-order valence-electron chi connectivity index (χ2n) is 4.05. The lowest BCUT2D eigenvalue weighted by atomic mass is 10.2. The molecule has 0 aliphatic carbocycles. The number of phenolic OH excluding ortho intramolecular Hbond substituents is 1. The number of thiophene rings is 1. The van der Waals surface area contributed by atoms with E-state index in [9.17, 15) is 13.5 Å². The Labute approximate surface area is 124 Å². The van der Waals surface area contributed by atoms with E-state index in [2.05, 4.69) is 20.7 Å². The Hall–Kier alpha value is -1.05. The number of aryl methyl sites for hydroxylation is 2. The molecule has 0 spiro atoms. The summed E-state index contributed by atoms with van der Waals surface area (Å²) in [7, 11) is -3.70. The number of halogens is 1. The average molecular weight is 362 g/mol. The summed E-state index contributed by atoms with van der Waals surface area (Å²) in [6.07, 6.45) is 0. The van der Waals surface area contributed by atoms with Crippen molar-refractivity contribution in [2.75, 3.05) is 4.72 Å². The summed E-state index contributed by atoms with van der Waals surface area (Å²) in [5, 5.41) is 9.74. The number of aromatic hydroxyl groups is 1. The minimum atomic E-state index is -3.70. The van der Waals surface area contributed by atoms with Gasteiger partial charge in [-0.15, -0.1) is 11.3 Å². The van der Waals surface area contributed by atoms with Crippen LogP contribution in [-0.4, -0.2) is 13.5 Å². The van der Waals surface area contributed by atoms with Crippen molar-refractivity contribution in [2.45, 2.75) is 18.7 Å². The molecule has 1 heterocycles. The summed E-state index contributed by atoms with van der Waals surface area (Å²) >= 11 is 4.62. The molecule has 2 N–H and O–H groups in total. The third kappa shape index (κ3) is 2.93. The van der Waals surface area contributed by atoms with Crippen molar-refractivity contribution in [3.8, 4) is 5.75 Å². The molecule has 2 aromatic rings. The van der Waals surface area contributed by atoms with Gasteiger partial charge < -0.3 is 5.11 Å². The summed E-state index contributed by atoms with van der Waals surface area (Å²) in [6.45, 7) is 3.47. The molecule has 0 bridgehead atoms. The largest absolute Gasteiger partial charge is 0.506 e. The van der Waals surface area contributed by atoms with Gasteiger partial charge in [0.05, 0.1) is 9.47 Å². The molecule has 2 rings (SSSR count). The quantitative estimate of drug-likeness (QED) is 0.820. The van der Waals surface area contributed by atoms with E-state index < -0.39 is 10.0 Å². The van der Waals surface area contributed by atoms with Gasteiger partial charge in [-0.3, -0.25) is 4.72 Å². The van der Waals surface area contributed by atoms with Crippen LogP contribution in [0.5, 0.6) is 5.75 Å². The highest BCUT2D eigenvalue weighted by molar-refractivity contribution is 9.11. The van der Waals surface area contributed by atoms with Crippen LogP contribution >= 0.6 is 27.3 Å². The predicted molar refractivity (Wildman–Crippen MR) is 80.4 cm³/mol. The summed E-state index contributed by atoms with van der Waals surface area (Å²) in [6, 6.07) is 6.39. The number of phenols is 1. The van der Waals surface area contributed by atoms with Crippen molar-refractivity contribution < 1.29 is 13.5 Å². The molecule has 1 aromatic heterocycles. The van der Waals surface area contributed by atoms with E-state index in [1.165, 1.54) is 17.4 Å². The summed E-state index contributed by atoms with van der Waals surface area (Å²) in [5.41, 5.74) is 0.875. The smallest absolute Gasteiger partial charge is 0.263 e. The van der Waals surface area contributed by atoms with Crippen LogP contribution < -0.4 is 4.72 Å². The van der Waals surface area contributed by atoms with Crippen LogP contribution in [0, 0.1) is 13.8 Å². The summed E-state index contributed by atoms with van der Waals surface area (Å²) in [5.74, 6) is -0.0875. The second kappa shape index (κ2) is 5.15. The molecule has 0 unspecified atom stereocenters. The Morgan fingerprint density at radius 3 is 2.53 bits per heavy atom. The van der Waals surface area contributed by atoms with Gasteiger partial charge in [0.2, 0.25) is 0 Å². The Morgan fingerprint density at radius 2 is 2.00 bits per heavy atom. The first-order valence-electron chi connectivity index (χ1n) is 5.38. The molecule has 7 heteroatoms. The molecule has 0 aliphatic heterocycles. The van der Waals surface area contributed by atoms with Gasteiger partial charge in [-0.25, -0.2) is 8.42 Å². The fraction of sp³-hybridized carbons (Fsp3) is 0.167. The van der Waals surface area contributed by atoms with Crippen LogP contribution in [0.25, 0.3) is 0 Å². The maximum Gasteiger partial charge on any atom is 0.263 e. The van der Waals surface area contributed by atoms with Gasteiger partial charge in [0.15, 0.2) is 0 Å². The Kier molecular flexibility index (Phi) is 3.89. The summed E-state index contributed by atoms with van der Waals surface area (Å²) < 4.78 is 27.8. The van der Waals surface area contributed by atoms with E-state index in [1.54, 1.807) is 32.0 Å². The lowest BCUT2D eigenvalue weighted by Crippen LogP contribution is -2.14. The maximum atomic E-state index is 12.3. The van der Waals surface area contributed by atoms with Gasteiger partial charge in [0.25, 0.3) is 10.0 Å². The van der Waals surface area contributed by atoms with Crippen LogP contribution in [-0.2, 0) is 10.0 Å². The average Bonchev–Trinajstić information content (AvgIpc) is 2.64. The van der Waals surface area contributed by atoms with Gasteiger partial charge >= 0.3 is 0 Å². The molecule has 0 atom stereocenters. The maximum absolute atomic E-state index is 12.3. The van der Waals surface area contributed by atoms with Gasteiger partial charge in [-0.05, 0) is 47.5 Å². The Morgan fingerprint density at radius 1 is 1.32 bits per heavy atom. The minimum absolute atomic E-state index is 0.0875. The van der Waals surface area contributed by atoms with E-state index in [0.29, 0.717) is 10.4 Å². The van der Waals surface area contributed by atoms with E-state index in [-0.39, 0.29) is 16.3 Å². The zero-order valence-corrected chi connectivity index (χ0v) is 13.5. The summed E-state index contributed by atoms with van der Waals surface area (Å²) in [4.78, 5) is 0.902. The van der Waals surface area contributed by atoms with Crippen LogP contribution in [0.2, 0.25) is 0 Å². The number of hydrogen-bond acceptors (Lipinski definition) is 4. The normalized spacial score (nSPS) is 11.5. The Balaban J connectivity index is 2.45. The van der Waals surface area contributed by atoms with Crippen LogP contribution in [0.15, 0.2) is 32.9 Å². The minimum Gasteiger partial charge on any atom is -0.506 e. The molecule has 0 radical (unpaired) electrons. The van der Waals surface area contributed by atoms with Crippen molar-refractivity contribution in [2.24, 2.45) is 0 Å². The van der Waals surface area contributed by atoms with Crippen LogP contribution in [0.1, 0.15) is 10.4 Å². The van der Waals surface area contributed by atoms with Gasteiger partial charge in [-0.1, -0.05) is 12.1 Å².